The third-order valence-corrected chi connectivity index (χ3v) is 6.49. The fourth-order valence-corrected chi connectivity index (χ4v) is 4.82. The summed E-state index contributed by atoms with van der Waals surface area (Å²) in [6, 6.07) is 16.3. The lowest BCUT2D eigenvalue weighted by molar-refractivity contribution is 0.0782. The van der Waals surface area contributed by atoms with Crippen LogP contribution in [0.3, 0.4) is 0 Å². The lowest BCUT2D eigenvalue weighted by atomic mass is 9.88. The number of piperidine rings is 1. The maximum atomic E-state index is 13.2. The number of hydrogen-bond donors (Lipinski definition) is 0. The molecule has 2 aromatic rings. The van der Waals surface area contributed by atoms with E-state index in [1.54, 1.807) is 7.11 Å². The van der Waals surface area contributed by atoms with Gasteiger partial charge >= 0.3 is 0 Å². The van der Waals surface area contributed by atoms with Crippen LogP contribution in [0, 0.1) is 12.8 Å². The molecule has 154 valence electrons. The number of methoxy groups -OCH3 is 1. The van der Waals surface area contributed by atoms with Gasteiger partial charge in [0.1, 0.15) is 5.75 Å². The van der Waals surface area contributed by atoms with E-state index in [2.05, 4.69) is 34.9 Å². The molecule has 2 unspecified atom stereocenters. The van der Waals surface area contributed by atoms with Gasteiger partial charge in [-0.15, -0.1) is 0 Å². The Hall–Kier alpha value is -2.33. The number of nitrogens with zero attached hydrogens (tertiary/aromatic N) is 2. The van der Waals surface area contributed by atoms with Gasteiger partial charge in [0, 0.05) is 31.1 Å². The van der Waals surface area contributed by atoms with Crippen molar-refractivity contribution < 1.29 is 9.53 Å². The van der Waals surface area contributed by atoms with Crippen molar-refractivity contribution in [2.75, 3.05) is 39.8 Å². The van der Waals surface area contributed by atoms with Crippen molar-refractivity contribution in [2.24, 2.45) is 5.92 Å². The molecular weight excluding hydrogens is 360 g/mol. The molecule has 4 heteroatoms. The Morgan fingerprint density at radius 3 is 2.52 bits per heavy atom. The van der Waals surface area contributed by atoms with Crippen molar-refractivity contribution in [3.8, 4) is 5.75 Å². The molecule has 0 aromatic heterocycles. The average Bonchev–Trinajstić information content (AvgIpc) is 3.18. The van der Waals surface area contributed by atoms with Crippen molar-refractivity contribution >= 4 is 5.91 Å². The van der Waals surface area contributed by atoms with Crippen LogP contribution in [0.2, 0.25) is 0 Å². The van der Waals surface area contributed by atoms with Crippen molar-refractivity contribution in [1.29, 1.82) is 0 Å². The fourth-order valence-electron chi connectivity index (χ4n) is 4.82. The lowest BCUT2D eigenvalue weighted by Gasteiger charge is -2.31. The van der Waals surface area contributed by atoms with E-state index in [0.717, 1.165) is 30.9 Å². The van der Waals surface area contributed by atoms with Crippen molar-refractivity contribution in [3.05, 3.63) is 65.2 Å². The predicted octanol–water partition coefficient (Wildman–Crippen LogP) is 4.35. The molecule has 0 spiro atoms. The number of carbonyl (C=O) groups excluding carboxylic acids is 1. The summed E-state index contributed by atoms with van der Waals surface area (Å²) >= 11 is 0. The molecule has 4 nitrogen and oxygen atoms in total. The number of benzene rings is 2. The highest BCUT2D eigenvalue weighted by atomic mass is 16.5. The van der Waals surface area contributed by atoms with Gasteiger partial charge in [-0.2, -0.15) is 0 Å². The van der Waals surface area contributed by atoms with E-state index in [1.807, 2.05) is 30.3 Å². The third kappa shape index (κ3) is 4.64. The smallest absolute Gasteiger partial charge is 0.253 e. The van der Waals surface area contributed by atoms with E-state index < -0.39 is 0 Å². The van der Waals surface area contributed by atoms with Gasteiger partial charge in [0.25, 0.3) is 5.91 Å². The minimum atomic E-state index is 0.152. The van der Waals surface area contributed by atoms with Crippen LogP contribution in [-0.4, -0.2) is 55.5 Å². The molecule has 2 aromatic carbocycles. The van der Waals surface area contributed by atoms with Crippen LogP contribution in [0.4, 0.5) is 0 Å². The van der Waals surface area contributed by atoms with Gasteiger partial charge in [-0.1, -0.05) is 36.2 Å². The highest BCUT2D eigenvalue weighted by Crippen LogP contribution is 2.36. The molecule has 2 aliphatic rings. The second kappa shape index (κ2) is 9.00. The summed E-state index contributed by atoms with van der Waals surface area (Å²) in [5, 5.41) is 0. The van der Waals surface area contributed by atoms with Gasteiger partial charge in [0.2, 0.25) is 0 Å². The summed E-state index contributed by atoms with van der Waals surface area (Å²) in [5.74, 6) is 1.85. The van der Waals surface area contributed by atoms with Crippen LogP contribution in [0.1, 0.15) is 46.7 Å². The minimum Gasteiger partial charge on any atom is -0.497 e. The standard InChI is InChI=1S/C25H32N2O2/c1-19-9-11-20(12-10-19)25(28)27-17-22(16-26-13-4-3-5-14-26)24(18-27)21-7-6-8-23(15-21)29-2/h6-12,15,22,24H,3-5,13-14,16-18H2,1-2H3. The second-order valence-electron chi connectivity index (χ2n) is 8.58. The topological polar surface area (TPSA) is 32.8 Å². The molecule has 2 atom stereocenters. The van der Waals surface area contributed by atoms with Gasteiger partial charge < -0.3 is 14.5 Å². The molecule has 2 heterocycles. The molecule has 4 rings (SSSR count). The number of aryl methyl sites for hydroxylation is 1. The zero-order valence-corrected chi connectivity index (χ0v) is 17.6. The molecule has 0 saturated carbocycles. The molecule has 0 N–H and O–H groups in total. The summed E-state index contributed by atoms with van der Waals surface area (Å²) in [6.45, 7) is 7.10. The van der Waals surface area contributed by atoms with E-state index in [4.69, 9.17) is 4.74 Å². The van der Waals surface area contributed by atoms with Crippen molar-refractivity contribution in [3.63, 3.8) is 0 Å². The van der Waals surface area contributed by atoms with Crippen LogP contribution in [-0.2, 0) is 0 Å². The number of likely N-dealkylation sites (tertiary alicyclic amines) is 2. The first-order valence-corrected chi connectivity index (χ1v) is 10.9. The molecule has 2 fully saturated rings. The molecular formula is C25H32N2O2. The van der Waals surface area contributed by atoms with Gasteiger partial charge in [-0.05, 0) is 68.6 Å². The molecule has 0 aliphatic carbocycles. The summed E-state index contributed by atoms with van der Waals surface area (Å²) in [6.07, 6.45) is 3.93. The Morgan fingerprint density at radius 1 is 1.03 bits per heavy atom. The Kier molecular flexibility index (Phi) is 6.19. The number of amides is 1. The van der Waals surface area contributed by atoms with E-state index >= 15 is 0 Å². The van der Waals surface area contributed by atoms with Crippen LogP contribution >= 0.6 is 0 Å². The molecule has 1 amide bonds. The Labute approximate surface area is 174 Å². The fraction of sp³-hybridized carbons (Fsp3) is 0.480. The van der Waals surface area contributed by atoms with Crippen LogP contribution in [0.15, 0.2) is 48.5 Å². The summed E-state index contributed by atoms with van der Waals surface area (Å²) in [5.41, 5.74) is 3.25. The van der Waals surface area contributed by atoms with Gasteiger partial charge in [0.05, 0.1) is 7.11 Å². The van der Waals surface area contributed by atoms with E-state index in [9.17, 15) is 4.79 Å². The first-order chi connectivity index (χ1) is 14.1. The van der Waals surface area contributed by atoms with Gasteiger partial charge in [0.15, 0.2) is 0 Å². The zero-order chi connectivity index (χ0) is 20.2. The largest absolute Gasteiger partial charge is 0.497 e. The summed E-state index contributed by atoms with van der Waals surface area (Å²) in [4.78, 5) is 17.8. The van der Waals surface area contributed by atoms with E-state index in [-0.39, 0.29) is 5.91 Å². The van der Waals surface area contributed by atoms with Crippen molar-refractivity contribution in [2.45, 2.75) is 32.1 Å². The third-order valence-electron chi connectivity index (χ3n) is 6.49. The molecule has 0 radical (unpaired) electrons. The normalized spacial score (nSPS) is 22.6. The highest BCUT2D eigenvalue weighted by Gasteiger charge is 2.37. The first-order valence-electron chi connectivity index (χ1n) is 10.9. The van der Waals surface area contributed by atoms with E-state index in [0.29, 0.717) is 11.8 Å². The Morgan fingerprint density at radius 2 is 1.79 bits per heavy atom. The van der Waals surface area contributed by atoms with Gasteiger partial charge in [-0.25, -0.2) is 0 Å². The van der Waals surface area contributed by atoms with Crippen LogP contribution in [0.25, 0.3) is 0 Å². The maximum Gasteiger partial charge on any atom is 0.253 e. The van der Waals surface area contributed by atoms with Gasteiger partial charge in [-0.3, -0.25) is 4.79 Å². The second-order valence-corrected chi connectivity index (χ2v) is 8.58. The Bertz CT molecular complexity index is 827. The molecule has 29 heavy (non-hydrogen) atoms. The van der Waals surface area contributed by atoms with E-state index in [1.165, 1.54) is 43.5 Å². The number of carbonyl (C=O) groups is 1. The molecule has 2 saturated heterocycles. The number of rotatable bonds is 5. The zero-order valence-electron chi connectivity index (χ0n) is 17.6. The minimum absolute atomic E-state index is 0.152. The predicted molar refractivity (Wildman–Crippen MR) is 117 cm³/mol. The molecule has 0 bridgehead atoms. The molecule has 2 aliphatic heterocycles. The first kappa shape index (κ1) is 20.0. The summed E-state index contributed by atoms with van der Waals surface area (Å²) in [7, 11) is 1.71. The average molecular weight is 393 g/mol. The number of ether oxygens (including phenoxy) is 1. The summed E-state index contributed by atoms with van der Waals surface area (Å²) < 4.78 is 5.46. The maximum absolute atomic E-state index is 13.2. The van der Waals surface area contributed by atoms with Crippen molar-refractivity contribution in [1.82, 2.24) is 9.80 Å². The van der Waals surface area contributed by atoms with Crippen LogP contribution < -0.4 is 4.74 Å². The Balaban J connectivity index is 1.55. The monoisotopic (exact) mass is 392 g/mol. The lowest BCUT2D eigenvalue weighted by Crippen LogP contribution is -2.36. The SMILES string of the molecule is COc1cccc(C2CN(C(=O)c3ccc(C)cc3)CC2CN2CCCCC2)c1. The highest BCUT2D eigenvalue weighted by molar-refractivity contribution is 5.94. The quantitative estimate of drug-likeness (QED) is 0.759. The van der Waals surface area contributed by atoms with Crippen LogP contribution in [0.5, 0.6) is 5.75 Å². The number of hydrogen-bond acceptors (Lipinski definition) is 3.